The summed E-state index contributed by atoms with van der Waals surface area (Å²) in [6.45, 7) is 1.94. The molecule has 1 N–H and O–H groups in total. The molecule has 1 heterocycles. The first kappa shape index (κ1) is 11.7. The van der Waals surface area contributed by atoms with E-state index < -0.39 is 5.97 Å². The van der Waals surface area contributed by atoms with Gasteiger partial charge < -0.3 is 9.84 Å². The molecule has 0 bridgehead atoms. The molecule has 0 spiro atoms. The Morgan fingerprint density at radius 2 is 2.12 bits per heavy atom. The van der Waals surface area contributed by atoms with Gasteiger partial charge in [-0.15, -0.1) is 11.3 Å². The highest BCUT2D eigenvalue weighted by Gasteiger charge is 2.13. The van der Waals surface area contributed by atoms with Crippen LogP contribution in [0.15, 0.2) is 29.6 Å². The number of carboxylic acids is 1. The first-order valence-electron chi connectivity index (χ1n) is 5.09. The minimum atomic E-state index is -0.886. The van der Waals surface area contributed by atoms with Gasteiger partial charge in [0.15, 0.2) is 0 Å². The first-order chi connectivity index (χ1) is 8.13. The zero-order valence-corrected chi connectivity index (χ0v) is 10.4. The van der Waals surface area contributed by atoms with Gasteiger partial charge in [-0.3, -0.25) is 0 Å². The van der Waals surface area contributed by atoms with Gasteiger partial charge in [0.05, 0.1) is 7.11 Å². The van der Waals surface area contributed by atoms with Gasteiger partial charge in [0.25, 0.3) is 0 Å². The standard InChI is InChI=1S/C13H12O3S/c1-8-7-9(3-4-11(8)16-2)10-5-6-17-12(10)13(14)15/h3-7H,1-2H3,(H,14,15). The number of hydrogen-bond acceptors (Lipinski definition) is 3. The Bertz CT molecular complexity index is 558. The largest absolute Gasteiger partial charge is 0.496 e. The highest BCUT2D eigenvalue weighted by atomic mass is 32.1. The fourth-order valence-corrected chi connectivity index (χ4v) is 2.50. The van der Waals surface area contributed by atoms with Crippen molar-refractivity contribution in [2.75, 3.05) is 7.11 Å². The number of aromatic carboxylic acids is 1. The second kappa shape index (κ2) is 4.59. The Balaban J connectivity index is 2.50. The summed E-state index contributed by atoms with van der Waals surface area (Å²) in [6, 6.07) is 7.50. The predicted molar refractivity (Wildman–Crippen MR) is 68.0 cm³/mol. The van der Waals surface area contributed by atoms with Crippen molar-refractivity contribution < 1.29 is 14.6 Å². The molecule has 2 aromatic rings. The van der Waals surface area contributed by atoms with Crippen LogP contribution in [-0.2, 0) is 0 Å². The van der Waals surface area contributed by atoms with Crippen LogP contribution in [0.2, 0.25) is 0 Å². The summed E-state index contributed by atoms with van der Waals surface area (Å²) in [7, 11) is 1.62. The average Bonchev–Trinajstić information content (AvgIpc) is 2.77. The van der Waals surface area contributed by atoms with Crippen LogP contribution < -0.4 is 4.74 Å². The van der Waals surface area contributed by atoms with Crippen molar-refractivity contribution in [2.45, 2.75) is 6.92 Å². The molecule has 0 saturated heterocycles. The molecule has 0 amide bonds. The zero-order chi connectivity index (χ0) is 12.4. The van der Waals surface area contributed by atoms with Gasteiger partial charge in [-0.05, 0) is 41.6 Å². The Morgan fingerprint density at radius 3 is 2.71 bits per heavy atom. The van der Waals surface area contributed by atoms with Crippen LogP contribution in [0.5, 0.6) is 5.75 Å². The van der Waals surface area contributed by atoms with E-state index in [0.29, 0.717) is 4.88 Å². The fourth-order valence-electron chi connectivity index (χ4n) is 1.75. The zero-order valence-electron chi connectivity index (χ0n) is 9.56. The summed E-state index contributed by atoms with van der Waals surface area (Å²) in [6.07, 6.45) is 0. The van der Waals surface area contributed by atoms with E-state index in [1.807, 2.05) is 31.2 Å². The lowest BCUT2D eigenvalue weighted by molar-refractivity contribution is 0.0703. The molecule has 0 unspecified atom stereocenters. The summed E-state index contributed by atoms with van der Waals surface area (Å²) in [5.41, 5.74) is 2.66. The molecule has 3 nitrogen and oxygen atoms in total. The maximum absolute atomic E-state index is 11.0. The third-order valence-corrected chi connectivity index (χ3v) is 3.47. The third-order valence-electron chi connectivity index (χ3n) is 2.57. The maximum atomic E-state index is 11.0. The number of methoxy groups -OCH3 is 1. The van der Waals surface area contributed by atoms with Crippen molar-refractivity contribution in [3.05, 3.63) is 40.1 Å². The van der Waals surface area contributed by atoms with E-state index >= 15 is 0 Å². The minimum Gasteiger partial charge on any atom is -0.496 e. The van der Waals surface area contributed by atoms with Crippen LogP contribution in [0, 0.1) is 6.92 Å². The molecule has 1 aromatic carbocycles. The van der Waals surface area contributed by atoms with Crippen LogP contribution in [-0.4, -0.2) is 18.2 Å². The summed E-state index contributed by atoms with van der Waals surface area (Å²) in [5.74, 6) is -0.0793. The van der Waals surface area contributed by atoms with E-state index in [1.54, 1.807) is 12.5 Å². The topological polar surface area (TPSA) is 46.5 Å². The third kappa shape index (κ3) is 2.17. The van der Waals surface area contributed by atoms with E-state index in [0.717, 1.165) is 22.4 Å². The highest BCUT2D eigenvalue weighted by Crippen LogP contribution is 2.31. The van der Waals surface area contributed by atoms with E-state index in [4.69, 9.17) is 9.84 Å². The molecule has 0 fully saturated rings. The number of thiophene rings is 1. The van der Waals surface area contributed by atoms with Crippen LogP contribution in [0.4, 0.5) is 0 Å². The van der Waals surface area contributed by atoms with Crippen LogP contribution in [0.1, 0.15) is 15.2 Å². The number of aryl methyl sites for hydroxylation is 1. The van der Waals surface area contributed by atoms with Gasteiger partial charge in [-0.2, -0.15) is 0 Å². The van der Waals surface area contributed by atoms with Crippen molar-refractivity contribution in [1.29, 1.82) is 0 Å². The Labute approximate surface area is 103 Å². The van der Waals surface area contributed by atoms with Gasteiger partial charge >= 0.3 is 5.97 Å². The van der Waals surface area contributed by atoms with Crippen LogP contribution in [0.3, 0.4) is 0 Å². The summed E-state index contributed by atoms with van der Waals surface area (Å²) in [5, 5.41) is 10.9. The summed E-state index contributed by atoms with van der Waals surface area (Å²) in [4.78, 5) is 11.4. The summed E-state index contributed by atoms with van der Waals surface area (Å²) >= 11 is 1.24. The van der Waals surface area contributed by atoms with Crippen molar-refractivity contribution in [3.8, 4) is 16.9 Å². The number of hydrogen-bond donors (Lipinski definition) is 1. The molecular formula is C13H12O3S. The first-order valence-corrected chi connectivity index (χ1v) is 5.97. The molecule has 88 valence electrons. The SMILES string of the molecule is COc1ccc(-c2ccsc2C(=O)O)cc1C. The lowest BCUT2D eigenvalue weighted by Gasteiger charge is -2.07. The predicted octanol–water partition coefficient (Wildman–Crippen LogP) is 3.43. The number of ether oxygens (including phenoxy) is 1. The van der Waals surface area contributed by atoms with Gasteiger partial charge in [0.1, 0.15) is 10.6 Å². The number of carbonyl (C=O) groups is 1. The van der Waals surface area contributed by atoms with Crippen LogP contribution in [0.25, 0.3) is 11.1 Å². The van der Waals surface area contributed by atoms with Crippen molar-refractivity contribution in [1.82, 2.24) is 0 Å². The Hall–Kier alpha value is -1.81. The van der Waals surface area contributed by atoms with E-state index in [2.05, 4.69) is 0 Å². The molecule has 2 rings (SSSR count). The molecule has 1 aromatic heterocycles. The molecule has 0 atom stereocenters. The van der Waals surface area contributed by atoms with Crippen molar-refractivity contribution in [2.24, 2.45) is 0 Å². The highest BCUT2D eigenvalue weighted by molar-refractivity contribution is 7.12. The Kier molecular flexibility index (Phi) is 3.15. The number of carboxylic acid groups (broad SMARTS) is 1. The average molecular weight is 248 g/mol. The molecule has 17 heavy (non-hydrogen) atoms. The Morgan fingerprint density at radius 1 is 1.35 bits per heavy atom. The van der Waals surface area contributed by atoms with E-state index in [-0.39, 0.29) is 0 Å². The van der Waals surface area contributed by atoms with Gasteiger partial charge in [-0.1, -0.05) is 6.07 Å². The lowest BCUT2D eigenvalue weighted by Crippen LogP contribution is -1.95. The van der Waals surface area contributed by atoms with Crippen molar-refractivity contribution >= 4 is 17.3 Å². The van der Waals surface area contributed by atoms with Gasteiger partial charge in [0.2, 0.25) is 0 Å². The van der Waals surface area contributed by atoms with Gasteiger partial charge in [0, 0.05) is 5.56 Å². The van der Waals surface area contributed by atoms with Gasteiger partial charge in [-0.25, -0.2) is 4.79 Å². The quantitative estimate of drug-likeness (QED) is 0.905. The smallest absolute Gasteiger partial charge is 0.346 e. The lowest BCUT2D eigenvalue weighted by atomic mass is 10.0. The molecule has 0 aliphatic rings. The second-order valence-corrected chi connectivity index (χ2v) is 4.57. The number of benzene rings is 1. The molecule has 0 aliphatic carbocycles. The van der Waals surface area contributed by atoms with E-state index in [9.17, 15) is 4.79 Å². The van der Waals surface area contributed by atoms with Crippen molar-refractivity contribution in [3.63, 3.8) is 0 Å². The molecule has 0 aliphatic heterocycles. The number of rotatable bonds is 3. The second-order valence-electron chi connectivity index (χ2n) is 3.65. The molecular weight excluding hydrogens is 236 g/mol. The summed E-state index contributed by atoms with van der Waals surface area (Å²) < 4.78 is 5.18. The molecule has 0 radical (unpaired) electrons. The van der Waals surface area contributed by atoms with Crippen LogP contribution >= 0.6 is 11.3 Å². The fraction of sp³-hybridized carbons (Fsp3) is 0.154. The maximum Gasteiger partial charge on any atom is 0.346 e. The molecule has 0 saturated carbocycles. The van der Waals surface area contributed by atoms with E-state index in [1.165, 1.54) is 11.3 Å². The monoisotopic (exact) mass is 248 g/mol. The molecule has 4 heteroatoms. The minimum absolute atomic E-state index is 0.370. The normalized spacial score (nSPS) is 10.2.